The van der Waals surface area contributed by atoms with Gasteiger partial charge in [0, 0.05) is 21.5 Å². The molecule has 21 heteroatoms. The van der Waals surface area contributed by atoms with E-state index in [0.29, 0.717) is 16.8 Å². The van der Waals surface area contributed by atoms with Gasteiger partial charge in [-0.1, -0.05) is 78.2 Å². The van der Waals surface area contributed by atoms with Gasteiger partial charge < -0.3 is 14.8 Å². The van der Waals surface area contributed by atoms with E-state index >= 15 is 0 Å². The van der Waals surface area contributed by atoms with Crippen LogP contribution in [0.1, 0.15) is 0 Å². The molecule has 0 bridgehead atoms. The molecule has 0 atom stereocenters. The van der Waals surface area contributed by atoms with Crippen molar-refractivity contribution >= 4 is 85.4 Å². The van der Waals surface area contributed by atoms with E-state index < -0.39 is 62.2 Å². The van der Waals surface area contributed by atoms with Crippen LogP contribution in [-0.2, 0) is 30.4 Å². The van der Waals surface area contributed by atoms with Crippen LogP contribution in [0.15, 0.2) is 126 Å². The van der Waals surface area contributed by atoms with Gasteiger partial charge >= 0.3 is 88.7 Å². The largest absolute Gasteiger partial charge is 1.00 e. The van der Waals surface area contributed by atoms with Crippen LogP contribution in [-0.4, -0.2) is 38.9 Å². The molecule has 0 aliphatic carbocycles. The molecular formula is C30H17N4Na3O11S3. The summed E-state index contributed by atoms with van der Waals surface area (Å²) in [6.45, 7) is 0. The van der Waals surface area contributed by atoms with E-state index in [1.807, 2.05) is 0 Å². The smallest absolute Gasteiger partial charge is 0.871 e. The summed E-state index contributed by atoms with van der Waals surface area (Å²) in [6.07, 6.45) is 0. The van der Waals surface area contributed by atoms with Crippen LogP contribution in [0, 0.1) is 0 Å². The molecule has 6 aromatic carbocycles. The van der Waals surface area contributed by atoms with Crippen LogP contribution in [0.5, 0.6) is 11.5 Å². The Morgan fingerprint density at radius 3 is 1.69 bits per heavy atom. The molecule has 6 aromatic rings. The number of azo groups is 2. The second-order valence-corrected chi connectivity index (χ2v) is 14.3. The summed E-state index contributed by atoms with van der Waals surface area (Å²) in [5, 5.41) is 42.6. The molecule has 0 heterocycles. The first-order valence-electron chi connectivity index (χ1n) is 13.3. The Bertz CT molecular complexity index is 2750. The Labute approximate surface area is 356 Å². The Morgan fingerprint density at radius 2 is 1.06 bits per heavy atom. The van der Waals surface area contributed by atoms with Gasteiger partial charge in [-0.3, -0.25) is 9.11 Å². The van der Waals surface area contributed by atoms with E-state index in [0.717, 1.165) is 24.3 Å². The van der Waals surface area contributed by atoms with Crippen molar-refractivity contribution in [3.8, 4) is 11.5 Å². The van der Waals surface area contributed by atoms with Crippen LogP contribution in [0.3, 0.4) is 0 Å². The fraction of sp³-hybridized carbons (Fsp3) is 0. The van der Waals surface area contributed by atoms with Gasteiger partial charge in [0.1, 0.15) is 20.7 Å². The van der Waals surface area contributed by atoms with Crippen LogP contribution >= 0.6 is 0 Å². The van der Waals surface area contributed by atoms with Gasteiger partial charge in [0.25, 0.3) is 20.2 Å². The zero-order valence-electron chi connectivity index (χ0n) is 26.7. The molecule has 0 saturated carbocycles. The van der Waals surface area contributed by atoms with Gasteiger partial charge in [-0.05, 0) is 35.0 Å². The molecule has 0 radical (unpaired) electrons. The van der Waals surface area contributed by atoms with Gasteiger partial charge in [0.05, 0.1) is 26.9 Å². The van der Waals surface area contributed by atoms with Crippen LogP contribution < -0.4 is 98.9 Å². The maximum atomic E-state index is 13.2. The van der Waals surface area contributed by atoms with Crippen molar-refractivity contribution < 1.29 is 138 Å². The average molecular weight is 775 g/mol. The summed E-state index contributed by atoms with van der Waals surface area (Å²) in [7, 11) is -15.3. The Balaban J connectivity index is 0.00000234. The summed E-state index contributed by atoms with van der Waals surface area (Å²) >= 11 is 0. The standard InChI is InChI=1S/C30H20N4O11S3.3Na/c35-24-12-9-16-5-1-2-6-19(16)27(24)32-33-28-22-8-4-3-7-21(22)23(15-25(28)47(40,41)42)31-34-29-20-11-10-18(46(37,38)39)13-17(20)14-26(30(29)36)48(43,44)45;;;/h1-15,35-36H,(H,37,38,39)(H,40,41,42)(H,43,44,45);;;/q;3*+1/p-3. The SMILES string of the molecule is O=S(=O)([O-])c1ccc2c(N=Nc3cc(S(=O)(=O)O)c(N=Nc4c([O-])ccc5ccccc45)c4ccccc34)c([O-])c(S(=O)(=O)O)cc2c1.[Na+].[Na+].[Na+]. The summed E-state index contributed by atoms with van der Waals surface area (Å²) in [6, 6.07) is 19.7. The molecule has 0 aliphatic rings. The summed E-state index contributed by atoms with van der Waals surface area (Å²) in [5.41, 5.74) is -1.44. The van der Waals surface area contributed by atoms with Crippen molar-refractivity contribution in [3.05, 3.63) is 91.0 Å². The van der Waals surface area contributed by atoms with Gasteiger partial charge in [-0.25, -0.2) is 8.42 Å². The summed E-state index contributed by atoms with van der Waals surface area (Å²) in [4.78, 5) is -2.77. The maximum Gasteiger partial charge on any atom is 1.00 e. The summed E-state index contributed by atoms with van der Waals surface area (Å²) < 4.78 is 104. The molecule has 0 unspecified atom stereocenters. The minimum absolute atomic E-state index is 0. The molecular weight excluding hydrogens is 758 g/mol. The Kier molecular flexibility index (Phi) is 13.8. The van der Waals surface area contributed by atoms with E-state index in [4.69, 9.17) is 0 Å². The third kappa shape index (κ3) is 8.89. The van der Waals surface area contributed by atoms with Crippen LogP contribution in [0.4, 0.5) is 22.7 Å². The number of nitrogens with zero attached hydrogens (tertiary/aromatic N) is 4. The van der Waals surface area contributed by atoms with Crippen molar-refractivity contribution in [3.63, 3.8) is 0 Å². The molecule has 0 spiro atoms. The molecule has 51 heavy (non-hydrogen) atoms. The van der Waals surface area contributed by atoms with E-state index in [2.05, 4.69) is 20.5 Å². The van der Waals surface area contributed by atoms with E-state index in [9.17, 15) is 49.1 Å². The van der Waals surface area contributed by atoms with Gasteiger partial charge in [-0.2, -0.15) is 27.1 Å². The third-order valence-electron chi connectivity index (χ3n) is 7.18. The summed E-state index contributed by atoms with van der Waals surface area (Å²) in [5.74, 6) is -1.85. The quantitative estimate of drug-likeness (QED) is 0.0915. The minimum Gasteiger partial charge on any atom is -0.871 e. The van der Waals surface area contributed by atoms with Gasteiger partial charge in [0.2, 0.25) is 0 Å². The fourth-order valence-electron chi connectivity index (χ4n) is 5.01. The second-order valence-electron chi connectivity index (χ2n) is 10.2. The fourth-order valence-corrected chi connectivity index (χ4v) is 6.78. The van der Waals surface area contributed by atoms with Crippen molar-refractivity contribution in [2.45, 2.75) is 14.7 Å². The first-order chi connectivity index (χ1) is 22.5. The molecule has 6 rings (SSSR count). The van der Waals surface area contributed by atoms with Gasteiger partial charge in [-0.15, -0.1) is 10.2 Å². The first kappa shape index (κ1) is 43.0. The number of fused-ring (bicyclic) bond motifs is 3. The number of benzene rings is 6. The first-order valence-corrected chi connectivity index (χ1v) is 17.6. The predicted octanol–water partition coefficient (Wildman–Crippen LogP) is -3.47. The van der Waals surface area contributed by atoms with E-state index in [1.165, 1.54) is 30.3 Å². The van der Waals surface area contributed by atoms with Crippen molar-refractivity contribution in [1.29, 1.82) is 0 Å². The Morgan fingerprint density at radius 1 is 0.510 bits per heavy atom. The number of hydrogen-bond acceptors (Lipinski definition) is 13. The minimum atomic E-state index is -5.19. The molecule has 0 saturated heterocycles. The molecule has 2 N–H and O–H groups in total. The molecule has 0 amide bonds. The van der Waals surface area contributed by atoms with E-state index in [-0.39, 0.29) is 127 Å². The monoisotopic (exact) mass is 774 g/mol. The third-order valence-corrected chi connectivity index (χ3v) is 9.74. The van der Waals surface area contributed by atoms with Crippen LogP contribution in [0.25, 0.3) is 32.3 Å². The number of hydrogen-bond donors (Lipinski definition) is 2. The number of rotatable bonds is 7. The average Bonchev–Trinajstić information content (AvgIpc) is 3.02. The van der Waals surface area contributed by atoms with Crippen molar-refractivity contribution in [2.24, 2.45) is 20.5 Å². The predicted molar refractivity (Wildman–Crippen MR) is 167 cm³/mol. The zero-order valence-corrected chi connectivity index (χ0v) is 35.2. The topological polar surface area (TPSA) is 262 Å². The van der Waals surface area contributed by atoms with Crippen molar-refractivity contribution in [2.75, 3.05) is 0 Å². The zero-order chi connectivity index (χ0) is 34.6. The molecule has 0 fully saturated rings. The Hall–Kier alpha value is -2.37. The molecule has 0 aliphatic heterocycles. The normalized spacial score (nSPS) is 12.2. The van der Waals surface area contributed by atoms with E-state index in [1.54, 1.807) is 30.3 Å². The second kappa shape index (κ2) is 16.3. The molecule has 244 valence electrons. The molecule has 15 nitrogen and oxygen atoms in total. The van der Waals surface area contributed by atoms with Crippen LogP contribution in [0.2, 0.25) is 0 Å². The van der Waals surface area contributed by atoms with Crippen molar-refractivity contribution in [1.82, 2.24) is 0 Å². The van der Waals surface area contributed by atoms with Gasteiger partial charge in [0.15, 0.2) is 0 Å². The molecule has 0 aromatic heterocycles. The maximum absolute atomic E-state index is 13.2.